The van der Waals surface area contributed by atoms with Crippen LogP contribution in [0, 0.1) is 0 Å². The third-order valence-electron chi connectivity index (χ3n) is 1.47. The Hall–Kier alpha value is -1.99. The van der Waals surface area contributed by atoms with E-state index in [1.165, 1.54) is 0 Å². The summed E-state index contributed by atoms with van der Waals surface area (Å²) in [5.41, 5.74) is 0. The van der Waals surface area contributed by atoms with Crippen molar-refractivity contribution in [1.29, 1.82) is 0 Å². The topological polar surface area (TPSA) is 110 Å². The molecule has 8 heteroatoms. The number of nitrogens with one attached hydrogen (secondary N) is 2. The first-order valence-electron chi connectivity index (χ1n) is 4.41. The number of hydrogen-bond donors (Lipinski definition) is 2. The normalized spacial score (nSPS) is 9.67. The van der Waals surface area contributed by atoms with Gasteiger partial charge in [-0.1, -0.05) is 0 Å². The van der Waals surface area contributed by atoms with E-state index in [4.69, 9.17) is 0 Å². The number of aromatic nitrogens is 4. The molecule has 0 aromatic carbocycles. The van der Waals surface area contributed by atoms with Crippen LogP contribution in [0.4, 0.5) is 0 Å². The fourth-order valence-corrected chi connectivity index (χ4v) is 0.848. The number of aromatic amines is 1. The maximum atomic E-state index is 11.2. The van der Waals surface area contributed by atoms with Crippen molar-refractivity contribution in [1.82, 2.24) is 25.9 Å². The molecular weight excluding hydrogens is 202 g/mol. The Labute approximate surface area is 85.4 Å². The van der Waals surface area contributed by atoms with Crippen LogP contribution in [0.1, 0.15) is 24.0 Å². The van der Waals surface area contributed by atoms with E-state index in [2.05, 4.69) is 30.7 Å². The summed E-state index contributed by atoms with van der Waals surface area (Å²) in [6.07, 6.45) is 0.122. The molecule has 15 heavy (non-hydrogen) atoms. The molecule has 1 rings (SSSR count). The predicted molar refractivity (Wildman–Crippen MR) is 47.8 cm³/mol. The minimum Gasteiger partial charge on any atom is -0.466 e. The summed E-state index contributed by atoms with van der Waals surface area (Å²) in [5, 5.41) is 14.8. The minimum absolute atomic E-state index is 0.0566. The Kier molecular flexibility index (Phi) is 4.20. The molecule has 1 aromatic heterocycles. The third-order valence-corrected chi connectivity index (χ3v) is 1.47. The number of nitrogens with zero attached hydrogens (tertiary/aromatic N) is 3. The number of esters is 1. The fraction of sp³-hybridized carbons (Fsp3) is 0.571. The van der Waals surface area contributed by atoms with Gasteiger partial charge in [0.2, 0.25) is 0 Å². The molecular formula is C7H11N5O3. The van der Waals surface area contributed by atoms with Gasteiger partial charge in [0.15, 0.2) is 0 Å². The molecule has 0 saturated heterocycles. The summed E-state index contributed by atoms with van der Waals surface area (Å²) in [4.78, 5) is 22.1. The maximum Gasteiger partial charge on any atom is 0.307 e. The molecule has 0 atom stereocenters. The number of amides is 1. The van der Waals surface area contributed by atoms with Crippen molar-refractivity contribution in [3.8, 4) is 0 Å². The number of H-pyrrole nitrogens is 1. The molecule has 0 spiro atoms. The molecule has 1 amide bonds. The van der Waals surface area contributed by atoms with Crippen molar-refractivity contribution in [2.24, 2.45) is 0 Å². The molecule has 82 valence electrons. The van der Waals surface area contributed by atoms with Gasteiger partial charge in [0.1, 0.15) is 0 Å². The second kappa shape index (κ2) is 5.68. The maximum absolute atomic E-state index is 11.2. The standard InChI is InChI=1S/C7H11N5O3/c1-2-15-5(13)3-4-8-7(14)6-9-11-12-10-6/h2-4H2,1H3,(H,8,14)(H,9,10,11,12). The van der Waals surface area contributed by atoms with Gasteiger partial charge in [0.25, 0.3) is 11.7 Å². The van der Waals surface area contributed by atoms with E-state index in [0.29, 0.717) is 6.61 Å². The minimum atomic E-state index is -0.479. The lowest BCUT2D eigenvalue weighted by atomic mass is 10.4. The van der Waals surface area contributed by atoms with Crippen LogP contribution in [0.5, 0.6) is 0 Å². The summed E-state index contributed by atoms with van der Waals surface area (Å²) in [7, 11) is 0. The van der Waals surface area contributed by atoms with Crippen LogP contribution in [-0.2, 0) is 9.53 Å². The van der Waals surface area contributed by atoms with E-state index >= 15 is 0 Å². The molecule has 0 radical (unpaired) electrons. The molecule has 0 fully saturated rings. The van der Waals surface area contributed by atoms with Crippen molar-refractivity contribution in [2.45, 2.75) is 13.3 Å². The number of carbonyl (C=O) groups is 2. The number of tetrazole rings is 1. The van der Waals surface area contributed by atoms with Crippen LogP contribution in [0.2, 0.25) is 0 Å². The second-order valence-corrected chi connectivity index (χ2v) is 2.55. The highest BCUT2D eigenvalue weighted by Gasteiger charge is 2.10. The van der Waals surface area contributed by atoms with Crippen LogP contribution in [0.25, 0.3) is 0 Å². The fourth-order valence-electron chi connectivity index (χ4n) is 0.848. The van der Waals surface area contributed by atoms with Crippen LogP contribution >= 0.6 is 0 Å². The van der Waals surface area contributed by atoms with Crippen LogP contribution < -0.4 is 5.32 Å². The zero-order valence-electron chi connectivity index (χ0n) is 8.19. The van der Waals surface area contributed by atoms with Crippen LogP contribution in [-0.4, -0.2) is 45.7 Å². The lowest BCUT2D eigenvalue weighted by Crippen LogP contribution is -2.27. The molecule has 2 N–H and O–H groups in total. The first kappa shape index (κ1) is 11.1. The lowest BCUT2D eigenvalue weighted by molar-refractivity contribution is -0.142. The van der Waals surface area contributed by atoms with Crippen LogP contribution in [0.15, 0.2) is 0 Å². The number of hydrogen-bond acceptors (Lipinski definition) is 6. The summed E-state index contributed by atoms with van der Waals surface area (Å²) in [6, 6.07) is 0. The smallest absolute Gasteiger partial charge is 0.307 e. The molecule has 1 aromatic rings. The number of rotatable bonds is 5. The van der Waals surface area contributed by atoms with Gasteiger partial charge < -0.3 is 10.1 Å². The highest BCUT2D eigenvalue weighted by Crippen LogP contribution is 1.86. The molecule has 0 saturated carbocycles. The summed E-state index contributed by atoms with van der Waals surface area (Å²) in [6.45, 7) is 2.24. The summed E-state index contributed by atoms with van der Waals surface area (Å²) < 4.78 is 4.67. The molecule has 0 aliphatic heterocycles. The average molecular weight is 213 g/mol. The largest absolute Gasteiger partial charge is 0.466 e. The Morgan fingerprint density at radius 2 is 2.33 bits per heavy atom. The number of ether oxygens (including phenoxy) is 1. The van der Waals surface area contributed by atoms with Gasteiger partial charge in [-0.05, 0) is 12.1 Å². The van der Waals surface area contributed by atoms with Crippen molar-refractivity contribution in [3.05, 3.63) is 5.82 Å². The van der Waals surface area contributed by atoms with E-state index in [9.17, 15) is 9.59 Å². The Morgan fingerprint density at radius 3 is 2.93 bits per heavy atom. The first-order chi connectivity index (χ1) is 7.24. The van der Waals surface area contributed by atoms with Gasteiger partial charge in [-0.3, -0.25) is 9.59 Å². The first-order valence-corrected chi connectivity index (χ1v) is 4.41. The third kappa shape index (κ3) is 3.71. The quantitative estimate of drug-likeness (QED) is 0.599. The second-order valence-electron chi connectivity index (χ2n) is 2.55. The van der Waals surface area contributed by atoms with Crippen molar-refractivity contribution < 1.29 is 14.3 Å². The lowest BCUT2D eigenvalue weighted by Gasteiger charge is -2.02. The van der Waals surface area contributed by atoms with E-state index in [-0.39, 0.29) is 24.8 Å². The zero-order valence-corrected chi connectivity index (χ0v) is 8.19. The van der Waals surface area contributed by atoms with Crippen molar-refractivity contribution in [3.63, 3.8) is 0 Å². The molecule has 1 heterocycles. The van der Waals surface area contributed by atoms with Crippen molar-refractivity contribution in [2.75, 3.05) is 13.2 Å². The zero-order chi connectivity index (χ0) is 11.1. The monoisotopic (exact) mass is 213 g/mol. The van der Waals surface area contributed by atoms with Crippen molar-refractivity contribution >= 4 is 11.9 Å². The summed E-state index contributed by atoms with van der Waals surface area (Å²) >= 11 is 0. The van der Waals surface area contributed by atoms with E-state index in [1.807, 2.05) is 0 Å². The number of carbonyl (C=O) groups excluding carboxylic acids is 2. The highest BCUT2D eigenvalue weighted by atomic mass is 16.5. The van der Waals surface area contributed by atoms with E-state index < -0.39 is 5.91 Å². The van der Waals surface area contributed by atoms with Gasteiger partial charge >= 0.3 is 5.97 Å². The SMILES string of the molecule is CCOC(=O)CCNC(=O)c1nn[nH]n1. The van der Waals surface area contributed by atoms with Gasteiger partial charge in [-0.25, -0.2) is 0 Å². The molecule has 8 nitrogen and oxygen atoms in total. The Bertz CT molecular complexity index is 323. The molecule has 0 unspecified atom stereocenters. The van der Waals surface area contributed by atoms with E-state index in [1.54, 1.807) is 6.92 Å². The average Bonchev–Trinajstić information content (AvgIpc) is 2.70. The molecule has 0 bridgehead atoms. The van der Waals surface area contributed by atoms with Crippen LogP contribution in [0.3, 0.4) is 0 Å². The van der Waals surface area contributed by atoms with Gasteiger partial charge in [-0.15, -0.1) is 10.2 Å². The molecule has 0 aliphatic carbocycles. The summed E-state index contributed by atoms with van der Waals surface area (Å²) in [5.74, 6) is -0.891. The predicted octanol–water partition coefficient (Wildman–Crippen LogP) is -1.12. The van der Waals surface area contributed by atoms with E-state index in [0.717, 1.165) is 0 Å². The molecule has 0 aliphatic rings. The Balaban J connectivity index is 2.21. The van der Waals surface area contributed by atoms with Gasteiger partial charge in [0.05, 0.1) is 13.0 Å². The highest BCUT2D eigenvalue weighted by molar-refractivity contribution is 5.90. The Morgan fingerprint density at radius 1 is 1.53 bits per heavy atom. The van der Waals surface area contributed by atoms with Gasteiger partial charge in [-0.2, -0.15) is 5.21 Å². The van der Waals surface area contributed by atoms with Gasteiger partial charge in [0, 0.05) is 6.54 Å².